The zero-order chi connectivity index (χ0) is 10.0. The number of pyridine rings is 1. The maximum atomic E-state index is 11.5. The van der Waals surface area contributed by atoms with E-state index in [2.05, 4.69) is 4.98 Å². The summed E-state index contributed by atoms with van der Waals surface area (Å²) in [5, 5.41) is 0. The number of carbonyl (C=O) groups is 1. The first-order chi connectivity index (χ1) is 6.02. The molecule has 0 unspecified atom stereocenters. The molecule has 1 rings (SSSR count). The minimum absolute atomic E-state index is 0.0527. The van der Waals surface area contributed by atoms with E-state index < -0.39 is 0 Å². The molecule has 13 heavy (non-hydrogen) atoms. The normalized spacial score (nSPS) is 9.85. The minimum atomic E-state index is -0.0527. The van der Waals surface area contributed by atoms with Crippen LogP contribution in [-0.2, 0) is 0 Å². The van der Waals surface area contributed by atoms with Gasteiger partial charge in [0.25, 0.3) is 5.91 Å². The lowest BCUT2D eigenvalue weighted by molar-refractivity contribution is 0.0822. The smallest absolute Gasteiger partial charge is 0.271 e. The van der Waals surface area contributed by atoms with Crippen LogP contribution in [0.25, 0.3) is 0 Å². The second-order valence-electron chi connectivity index (χ2n) is 3.30. The van der Waals surface area contributed by atoms with Gasteiger partial charge in [-0.2, -0.15) is 0 Å². The van der Waals surface area contributed by atoms with Crippen LogP contribution >= 0.6 is 0 Å². The molecule has 1 heterocycles. The van der Waals surface area contributed by atoms with Crippen LogP contribution in [0.4, 0.5) is 0 Å². The third kappa shape index (κ3) is 2.05. The molecule has 0 aliphatic carbocycles. The topological polar surface area (TPSA) is 33.2 Å². The Morgan fingerprint density at radius 1 is 1.31 bits per heavy atom. The summed E-state index contributed by atoms with van der Waals surface area (Å²) in [7, 11) is 3.44. The molecule has 0 aliphatic heterocycles. The van der Waals surface area contributed by atoms with Gasteiger partial charge < -0.3 is 4.90 Å². The predicted octanol–water partition coefficient (Wildman–Crippen LogP) is 1.40. The van der Waals surface area contributed by atoms with Gasteiger partial charge in [0.1, 0.15) is 5.69 Å². The first-order valence-electron chi connectivity index (χ1n) is 4.18. The lowest BCUT2D eigenvalue weighted by atomic mass is 10.2. The van der Waals surface area contributed by atoms with Gasteiger partial charge in [-0.1, -0.05) is 6.07 Å². The lowest BCUT2D eigenvalue weighted by Crippen LogP contribution is -2.23. The SMILES string of the molecule is Cc1ccc(C(=O)N(C)C)nc1C. The highest BCUT2D eigenvalue weighted by Gasteiger charge is 2.09. The van der Waals surface area contributed by atoms with Crippen molar-refractivity contribution in [3.05, 3.63) is 29.1 Å². The van der Waals surface area contributed by atoms with Crippen molar-refractivity contribution in [1.82, 2.24) is 9.88 Å². The quantitative estimate of drug-likeness (QED) is 0.651. The first-order valence-corrected chi connectivity index (χ1v) is 4.18. The molecule has 0 aliphatic rings. The summed E-state index contributed by atoms with van der Waals surface area (Å²) < 4.78 is 0. The van der Waals surface area contributed by atoms with Crippen molar-refractivity contribution < 1.29 is 4.79 Å². The zero-order valence-electron chi connectivity index (χ0n) is 8.46. The van der Waals surface area contributed by atoms with Gasteiger partial charge in [-0.15, -0.1) is 0 Å². The summed E-state index contributed by atoms with van der Waals surface area (Å²) in [4.78, 5) is 17.2. The molecule has 0 aromatic carbocycles. The highest BCUT2D eigenvalue weighted by molar-refractivity contribution is 5.91. The molecular formula is C10H14N2O. The van der Waals surface area contributed by atoms with Crippen molar-refractivity contribution in [2.75, 3.05) is 14.1 Å². The molecule has 0 spiro atoms. The lowest BCUT2D eigenvalue weighted by Gasteiger charge is -2.10. The minimum Gasteiger partial charge on any atom is -0.343 e. The van der Waals surface area contributed by atoms with Gasteiger partial charge in [0.15, 0.2) is 0 Å². The summed E-state index contributed by atoms with van der Waals surface area (Å²) in [6.45, 7) is 3.88. The van der Waals surface area contributed by atoms with Gasteiger partial charge in [0, 0.05) is 19.8 Å². The van der Waals surface area contributed by atoms with Gasteiger partial charge in [0.2, 0.25) is 0 Å². The van der Waals surface area contributed by atoms with Crippen LogP contribution < -0.4 is 0 Å². The van der Waals surface area contributed by atoms with Gasteiger partial charge in [0.05, 0.1) is 0 Å². The van der Waals surface area contributed by atoms with E-state index in [1.165, 1.54) is 4.90 Å². The Labute approximate surface area is 78.4 Å². The molecule has 3 heteroatoms. The third-order valence-corrected chi connectivity index (χ3v) is 1.98. The Balaban J connectivity index is 3.04. The van der Waals surface area contributed by atoms with E-state index >= 15 is 0 Å². The van der Waals surface area contributed by atoms with E-state index in [-0.39, 0.29) is 5.91 Å². The molecule has 1 amide bonds. The van der Waals surface area contributed by atoms with Crippen molar-refractivity contribution in [2.24, 2.45) is 0 Å². The number of nitrogens with zero attached hydrogens (tertiary/aromatic N) is 2. The number of amides is 1. The average Bonchev–Trinajstić information content (AvgIpc) is 2.08. The summed E-state index contributed by atoms with van der Waals surface area (Å²) in [6.07, 6.45) is 0. The molecule has 3 nitrogen and oxygen atoms in total. The molecule has 0 atom stereocenters. The second-order valence-corrected chi connectivity index (χ2v) is 3.30. The van der Waals surface area contributed by atoms with Crippen LogP contribution in [0, 0.1) is 13.8 Å². The molecule has 0 bridgehead atoms. The van der Waals surface area contributed by atoms with Crippen molar-refractivity contribution in [3.63, 3.8) is 0 Å². The van der Waals surface area contributed by atoms with E-state index in [1.807, 2.05) is 19.9 Å². The predicted molar refractivity (Wildman–Crippen MR) is 51.7 cm³/mol. The fourth-order valence-corrected chi connectivity index (χ4v) is 0.979. The van der Waals surface area contributed by atoms with Gasteiger partial charge in [-0.05, 0) is 25.5 Å². The standard InChI is InChI=1S/C10H14N2O/c1-7-5-6-9(11-8(7)2)10(13)12(3)4/h5-6H,1-4H3. The summed E-state index contributed by atoms with van der Waals surface area (Å²) >= 11 is 0. The second kappa shape index (κ2) is 3.56. The third-order valence-electron chi connectivity index (χ3n) is 1.98. The van der Waals surface area contributed by atoms with Crippen LogP contribution in [0.5, 0.6) is 0 Å². The van der Waals surface area contributed by atoms with Gasteiger partial charge >= 0.3 is 0 Å². The van der Waals surface area contributed by atoms with Crippen LogP contribution in [0.15, 0.2) is 12.1 Å². The maximum Gasteiger partial charge on any atom is 0.271 e. The van der Waals surface area contributed by atoms with Crippen LogP contribution in [0.3, 0.4) is 0 Å². The molecule has 0 radical (unpaired) electrons. The van der Waals surface area contributed by atoms with Crippen molar-refractivity contribution >= 4 is 5.91 Å². The van der Waals surface area contributed by atoms with Gasteiger partial charge in [-0.25, -0.2) is 4.98 Å². The van der Waals surface area contributed by atoms with Crippen molar-refractivity contribution in [1.29, 1.82) is 0 Å². The molecule has 0 saturated carbocycles. The van der Waals surface area contributed by atoms with Crippen molar-refractivity contribution in [3.8, 4) is 0 Å². The molecule has 0 saturated heterocycles. The fraction of sp³-hybridized carbons (Fsp3) is 0.400. The maximum absolute atomic E-state index is 11.5. The number of aromatic nitrogens is 1. The highest BCUT2D eigenvalue weighted by Crippen LogP contribution is 2.06. The summed E-state index contributed by atoms with van der Waals surface area (Å²) in [5.41, 5.74) is 2.52. The average molecular weight is 178 g/mol. The Morgan fingerprint density at radius 3 is 2.38 bits per heavy atom. The summed E-state index contributed by atoms with van der Waals surface area (Å²) in [6, 6.07) is 3.67. The Hall–Kier alpha value is -1.38. The van der Waals surface area contributed by atoms with Crippen LogP contribution in [0.1, 0.15) is 21.7 Å². The molecule has 0 N–H and O–H groups in total. The molecule has 70 valence electrons. The molecule has 1 aromatic rings. The molecule has 0 fully saturated rings. The van der Waals surface area contributed by atoms with E-state index in [1.54, 1.807) is 20.2 Å². The Bertz CT molecular complexity index is 332. The van der Waals surface area contributed by atoms with Crippen molar-refractivity contribution in [2.45, 2.75) is 13.8 Å². The van der Waals surface area contributed by atoms with E-state index in [0.29, 0.717) is 5.69 Å². The largest absolute Gasteiger partial charge is 0.343 e. The molecule has 1 aromatic heterocycles. The number of hydrogen-bond donors (Lipinski definition) is 0. The van der Waals surface area contributed by atoms with Crippen LogP contribution in [0.2, 0.25) is 0 Å². The number of rotatable bonds is 1. The zero-order valence-corrected chi connectivity index (χ0v) is 8.46. The Kier molecular flexibility index (Phi) is 2.66. The van der Waals surface area contributed by atoms with E-state index in [0.717, 1.165) is 11.3 Å². The highest BCUT2D eigenvalue weighted by atomic mass is 16.2. The fourth-order valence-electron chi connectivity index (χ4n) is 0.979. The summed E-state index contributed by atoms with van der Waals surface area (Å²) in [5.74, 6) is -0.0527. The molecular weight excluding hydrogens is 164 g/mol. The Morgan fingerprint density at radius 2 is 1.92 bits per heavy atom. The first kappa shape index (κ1) is 9.71. The van der Waals surface area contributed by atoms with Crippen LogP contribution in [-0.4, -0.2) is 29.9 Å². The monoisotopic (exact) mass is 178 g/mol. The number of hydrogen-bond acceptors (Lipinski definition) is 2. The van der Waals surface area contributed by atoms with Gasteiger partial charge in [-0.3, -0.25) is 4.79 Å². The number of aryl methyl sites for hydroxylation is 2. The van der Waals surface area contributed by atoms with E-state index in [4.69, 9.17) is 0 Å². The van der Waals surface area contributed by atoms with E-state index in [9.17, 15) is 4.79 Å². The number of carbonyl (C=O) groups excluding carboxylic acids is 1.